The summed E-state index contributed by atoms with van der Waals surface area (Å²) in [4.78, 5) is 23.0. The molecule has 0 radical (unpaired) electrons. The number of hydrogen-bond acceptors (Lipinski definition) is 6. The molecule has 0 aliphatic heterocycles. The zero-order valence-corrected chi connectivity index (χ0v) is 13.4. The Labute approximate surface area is 146 Å². The predicted octanol–water partition coefficient (Wildman–Crippen LogP) is 3.30. The zero-order chi connectivity index (χ0) is 17.8. The van der Waals surface area contributed by atoms with Gasteiger partial charge in [0.25, 0.3) is 5.91 Å². The lowest BCUT2D eigenvalue weighted by atomic mass is 10.2. The summed E-state index contributed by atoms with van der Waals surface area (Å²) in [5, 5.41) is 2.95. The fraction of sp³-hybridized carbons (Fsp3) is 0. The molecule has 2 heterocycles. The maximum absolute atomic E-state index is 14.3. The van der Waals surface area contributed by atoms with Crippen molar-refractivity contribution >= 4 is 29.0 Å². The third-order valence-electron chi connectivity index (χ3n) is 3.07. The molecule has 0 bridgehead atoms. The minimum absolute atomic E-state index is 0.0553. The van der Waals surface area contributed by atoms with Crippen LogP contribution in [0, 0.1) is 5.82 Å². The summed E-state index contributed by atoms with van der Waals surface area (Å²) in [6, 6.07) is 8.72. The number of nitrogens with two attached hydrogens (primary N) is 1. The quantitative estimate of drug-likeness (QED) is 0.677. The van der Waals surface area contributed by atoms with Crippen LogP contribution in [0.3, 0.4) is 0 Å². The second-order valence-electron chi connectivity index (χ2n) is 4.80. The number of ether oxygens (including phenoxy) is 1. The zero-order valence-electron chi connectivity index (χ0n) is 12.6. The maximum atomic E-state index is 14.3. The van der Waals surface area contributed by atoms with Gasteiger partial charge in [-0.3, -0.25) is 4.79 Å². The van der Waals surface area contributed by atoms with Gasteiger partial charge in [0.1, 0.15) is 11.4 Å². The molecule has 0 atom stereocenters. The molecule has 0 unspecified atom stereocenters. The Morgan fingerprint density at radius 2 is 2.04 bits per heavy atom. The number of hydrogen-bond donors (Lipinski definition) is 2. The molecule has 0 fully saturated rings. The van der Waals surface area contributed by atoms with Gasteiger partial charge in [0.15, 0.2) is 11.6 Å². The molecule has 1 aromatic carbocycles. The molecule has 0 aliphatic rings. The Bertz CT molecular complexity index is 938. The van der Waals surface area contributed by atoms with E-state index in [0.29, 0.717) is 11.5 Å². The fourth-order valence-corrected chi connectivity index (χ4v) is 2.12. The molecule has 2 aromatic heterocycles. The molecule has 126 valence electrons. The third kappa shape index (κ3) is 3.99. The van der Waals surface area contributed by atoms with Crippen molar-refractivity contribution in [2.45, 2.75) is 0 Å². The lowest BCUT2D eigenvalue weighted by Gasteiger charge is -2.10. The second-order valence-corrected chi connectivity index (χ2v) is 5.14. The lowest BCUT2D eigenvalue weighted by molar-refractivity contribution is 0.0997. The van der Waals surface area contributed by atoms with Gasteiger partial charge in [-0.15, -0.1) is 0 Å². The fourth-order valence-electron chi connectivity index (χ4n) is 1.98. The standard InChI is InChI=1S/C16H11ClFN5O2/c17-16-21-7-5-13(23-16)22-9-3-4-12(11(18)8-9)25-15-10(14(19)24)2-1-6-20-15/h1-8H,(H2,19,24)(H,21,22,23). The Balaban J connectivity index is 1.82. The normalized spacial score (nSPS) is 10.3. The van der Waals surface area contributed by atoms with Crippen LogP contribution in [0.1, 0.15) is 10.4 Å². The summed E-state index contributed by atoms with van der Waals surface area (Å²) < 4.78 is 19.6. The van der Waals surface area contributed by atoms with Crippen molar-refractivity contribution in [2.75, 3.05) is 5.32 Å². The number of rotatable bonds is 5. The minimum atomic E-state index is -0.720. The number of aromatic nitrogens is 3. The summed E-state index contributed by atoms with van der Waals surface area (Å²) in [6.45, 7) is 0. The molecule has 3 N–H and O–H groups in total. The Kier molecular flexibility index (Phi) is 4.71. The Morgan fingerprint density at radius 3 is 2.76 bits per heavy atom. The molecule has 7 nitrogen and oxygen atoms in total. The van der Waals surface area contributed by atoms with E-state index < -0.39 is 11.7 Å². The first kappa shape index (κ1) is 16.6. The average molecular weight is 360 g/mol. The van der Waals surface area contributed by atoms with Gasteiger partial charge in [0.2, 0.25) is 11.2 Å². The molecule has 3 rings (SSSR count). The van der Waals surface area contributed by atoms with E-state index in [0.717, 1.165) is 0 Å². The molecule has 0 aliphatic carbocycles. The summed E-state index contributed by atoms with van der Waals surface area (Å²) in [7, 11) is 0. The van der Waals surface area contributed by atoms with Crippen LogP contribution in [-0.4, -0.2) is 20.9 Å². The second kappa shape index (κ2) is 7.10. The van der Waals surface area contributed by atoms with Gasteiger partial charge in [-0.2, -0.15) is 0 Å². The van der Waals surface area contributed by atoms with E-state index in [2.05, 4.69) is 20.3 Å². The summed E-state index contributed by atoms with van der Waals surface area (Å²) >= 11 is 5.70. The average Bonchev–Trinajstić information content (AvgIpc) is 2.58. The van der Waals surface area contributed by atoms with Gasteiger partial charge in [-0.1, -0.05) is 0 Å². The molecule has 9 heteroatoms. The first-order valence-electron chi connectivity index (χ1n) is 7.01. The van der Waals surface area contributed by atoms with E-state index in [1.54, 1.807) is 12.1 Å². The van der Waals surface area contributed by atoms with Crippen molar-refractivity contribution in [3.63, 3.8) is 0 Å². The monoisotopic (exact) mass is 359 g/mol. The van der Waals surface area contributed by atoms with Crippen LogP contribution in [0.5, 0.6) is 11.6 Å². The van der Waals surface area contributed by atoms with Crippen molar-refractivity contribution in [3.8, 4) is 11.6 Å². The summed E-state index contributed by atoms with van der Waals surface area (Å²) in [5.74, 6) is -1.15. The van der Waals surface area contributed by atoms with Crippen molar-refractivity contribution < 1.29 is 13.9 Å². The van der Waals surface area contributed by atoms with Crippen molar-refractivity contribution in [2.24, 2.45) is 5.73 Å². The van der Waals surface area contributed by atoms with Crippen LogP contribution < -0.4 is 15.8 Å². The Hall–Kier alpha value is -3.26. The largest absolute Gasteiger partial charge is 0.435 e. The van der Waals surface area contributed by atoms with Gasteiger partial charge >= 0.3 is 0 Å². The summed E-state index contributed by atoms with van der Waals surface area (Å²) in [6.07, 6.45) is 2.88. The highest BCUT2D eigenvalue weighted by Crippen LogP contribution is 2.28. The molecular formula is C16H11ClFN5O2. The molecular weight excluding hydrogens is 349 g/mol. The van der Waals surface area contributed by atoms with Crippen LogP contribution in [-0.2, 0) is 0 Å². The van der Waals surface area contributed by atoms with E-state index in [1.807, 2.05) is 0 Å². The molecule has 0 saturated carbocycles. The number of amides is 1. The van der Waals surface area contributed by atoms with E-state index in [1.165, 1.54) is 36.7 Å². The van der Waals surface area contributed by atoms with Gasteiger partial charge in [-0.05, 0) is 41.9 Å². The van der Waals surface area contributed by atoms with Gasteiger partial charge in [-0.25, -0.2) is 19.3 Å². The maximum Gasteiger partial charge on any atom is 0.254 e. The molecule has 25 heavy (non-hydrogen) atoms. The van der Waals surface area contributed by atoms with Crippen molar-refractivity contribution in [3.05, 3.63) is 65.5 Å². The predicted molar refractivity (Wildman–Crippen MR) is 89.6 cm³/mol. The number of anilines is 2. The molecule has 0 saturated heterocycles. The highest BCUT2D eigenvalue weighted by atomic mass is 35.5. The molecule has 3 aromatic rings. The van der Waals surface area contributed by atoms with Crippen molar-refractivity contribution in [1.29, 1.82) is 0 Å². The van der Waals surface area contributed by atoms with E-state index >= 15 is 0 Å². The van der Waals surface area contributed by atoms with E-state index in [4.69, 9.17) is 22.1 Å². The number of nitrogens with one attached hydrogen (secondary N) is 1. The van der Waals surface area contributed by atoms with Gasteiger partial charge in [0.05, 0.1) is 0 Å². The molecule has 1 amide bonds. The highest BCUT2D eigenvalue weighted by Gasteiger charge is 2.14. The first-order valence-corrected chi connectivity index (χ1v) is 7.38. The number of carbonyl (C=O) groups is 1. The van der Waals surface area contributed by atoms with Crippen LogP contribution >= 0.6 is 11.6 Å². The number of halogens is 2. The number of primary amides is 1. The smallest absolute Gasteiger partial charge is 0.254 e. The Morgan fingerprint density at radius 1 is 1.20 bits per heavy atom. The highest BCUT2D eigenvalue weighted by molar-refractivity contribution is 6.28. The van der Waals surface area contributed by atoms with Crippen LogP contribution in [0.15, 0.2) is 48.8 Å². The number of nitrogens with zero attached hydrogens (tertiary/aromatic N) is 3. The minimum Gasteiger partial charge on any atom is -0.435 e. The number of benzene rings is 1. The van der Waals surface area contributed by atoms with Crippen molar-refractivity contribution in [1.82, 2.24) is 15.0 Å². The van der Waals surface area contributed by atoms with Gasteiger partial charge < -0.3 is 15.8 Å². The van der Waals surface area contributed by atoms with E-state index in [9.17, 15) is 9.18 Å². The number of carbonyl (C=O) groups excluding carboxylic acids is 1. The van der Waals surface area contributed by atoms with Crippen LogP contribution in [0.4, 0.5) is 15.9 Å². The SMILES string of the molecule is NC(=O)c1cccnc1Oc1ccc(Nc2ccnc(Cl)n2)cc1F. The summed E-state index contributed by atoms with van der Waals surface area (Å²) in [5.41, 5.74) is 5.72. The lowest BCUT2D eigenvalue weighted by Crippen LogP contribution is -2.12. The third-order valence-corrected chi connectivity index (χ3v) is 3.26. The topological polar surface area (TPSA) is 103 Å². The van der Waals surface area contributed by atoms with Crippen LogP contribution in [0.25, 0.3) is 0 Å². The molecule has 0 spiro atoms. The first-order chi connectivity index (χ1) is 12.0. The van der Waals surface area contributed by atoms with E-state index in [-0.39, 0.29) is 22.5 Å². The van der Waals surface area contributed by atoms with Gasteiger partial charge in [0, 0.05) is 24.1 Å². The van der Waals surface area contributed by atoms with Crippen LogP contribution in [0.2, 0.25) is 5.28 Å². The number of pyridine rings is 1.